The number of amides is 2. The molecule has 9 nitrogen and oxygen atoms in total. The van der Waals surface area contributed by atoms with Crippen LogP contribution in [-0.4, -0.2) is 55.1 Å². The van der Waals surface area contributed by atoms with Crippen LogP contribution in [-0.2, 0) is 38.2 Å². The Balaban J connectivity index is 0.00000462. The van der Waals surface area contributed by atoms with Crippen LogP contribution in [0.1, 0.15) is 28.4 Å². The van der Waals surface area contributed by atoms with Crippen molar-refractivity contribution in [3.63, 3.8) is 0 Å². The van der Waals surface area contributed by atoms with Crippen molar-refractivity contribution in [2.75, 3.05) is 14.2 Å². The summed E-state index contributed by atoms with van der Waals surface area (Å²) in [4.78, 5) is 33.5. The predicted molar refractivity (Wildman–Crippen MR) is 154 cm³/mol. The van der Waals surface area contributed by atoms with E-state index in [4.69, 9.17) is 9.72 Å². The summed E-state index contributed by atoms with van der Waals surface area (Å²) < 4.78 is 38.3. The van der Waals surface area contributed by atoms with Gasteiger partial charge in [0.15, 0.2) is 0 Å². The number of thiophene rings is 1. The first kappa shape index (κ1) is 32.9. The van der Waals surface area contributed by atoms with E-state index in [0.717, 1.165) is 21.0 Å². The summed E-state index contributed by atoms with van der Waals surface area (Å²) in [5.74, 6) is -0.912. The third-order valence-corrected chi connectivity index (χ3v) is 8.85. The second kappa shape index (κ2) is 15.1. The molecule has 0 fully saturated rings. The minimum Gasteiger partial charge on any atom is -0.748 e. The van der Waals surface area contributed by atoms with Crippen LogP contribution in [0, 0.1) is 0 Å². The minimum absolute atomic E-state index is 0. The molecule has 0 radical (unpaired) electrons. The molecule has 0 saturated heterocycles. The first-order valence-electron chi connectivity index (χ1n) is 12.3. The first-order chi connectivity index (χ1) is 19.1. The number of hydrogen-bond acceptors (Lipinski definition) is 9. The predicted octanol–water partition coefficient (Wildman–Crippen LogP) is 1.63. The Bertz CT molecular complexity index is 1530. The number of alkyl carbamates (subject to hydrolysis) is 1. The summed E-state index contributed by atoms with van der Waals surface area (Å²) in [7, 11) is -1.48. The van der Waals surface area contributed by atoms with Gasteiger partial charge in [0.05, 0.1) is 39.6 Å². The normalized spacial score (nSPS) is 12.6. The number of aromatic nitrogens is 1. The third kappa shape index (κ3) is 9.47. The second-order valence-corrected chi connectivity index (χ2v) is 12.3. The summed E-state index contributed by atoms with van der Waals surface area (Å²) in [6.45, 7) is 0. The van der Waals surface area contributed by atoms with E-state index in [0.29, 0.717) is 17.7 Å². The maximum Gasteiger partial charge on any atom is 1.00 e. The molecule has 0 aliphatic rings. The van der Waals surface area contributed by atoms with Gasteiger partial charge in [0.2, 0.25) is 5.91 Å². The number of nitrogens with one attached hydrogen (secondary N) is 1. The molecule has 210 valence electrons. The number of thiazole rings is 1. The number of ether oxygens (including phenoxy) is 1. The number of likely N-dealkylation sites (N-methyl/N-ethyl adjacent to an activating group) is 1. The monoisotopic (exact) mass is 621 g/mol. The smallest absolute Gasteiger partial charge is 0.748 e. The van der Waals surface area contributed by atoms with E-state index < -0.39 is 34.0 Å². The number of benzene rings is 2. The fourth-order valence-corrected chi connectivity index (χ4v) is 6.52. The van der Waals surface area contributed by atoms with Gasteiger partial charge >= 0.3 is 35.7 Å². The average Bonchev–Trinajstić information content (AvgIpc) is 3.64. The average molecular weight is 622 g/mol. The molecule has 0 unspecified atom stereocenters. The fourth-order valence-electron chi connectivity index (χ4n) is 4.24. The number of carbonyl (C=O) groups is 2. The molecule has 1 N–H and O–H groups in total. The molecule has 0 aliphatic carbocycles. The molecular formula is C28H28N3NaO6S3. The number of carbonyl (C=O) groups excluding carboxylic acids is 2. The SMILES string of the molecule is COC(=O)N[C@@H](Cc1ccccc1)C(=O)N(C)[C@@H](Cc1ccc(CS(=O)(=O)[O-])cc1)c1csc(-c2cccs2)n1.[Na+]. The van der Waals surface area contributed by atoms with E-state index in [1.165, 1.54) is 18.4 Å². The quantitative estimate of drug-likeness (QED) is 0.199. The van der Waals surface area contributed by atoms with E-state index >= 15 is 0 Å². The van der Waals surface area contributed by atoms with Crippen molar-refractivity contribution in [2.24, 2.45) is 0 Å². The Labute approximate surface area is 269 Å². The van der Waals surface area contributed by atoms with Crippen molar-refractivity contribution in [2.45, 2.75) is 30.7 Å². The van der Waals surface area contributed by atoms with Gasteiger partial charge in [-0.15, -0.1) is 22.7 Å². The third-order valence-electron chi connectivity index (χ3n) is 6.26. The van der Waals surface area contributed by atoms with Crippen LogP contribution in [0.3, 0.4) is 0 Å². The van der Waals surface area contributed by atoms with Gasteiger partial charge < -0.3 is 19.5 Å². The Morgan fingerprint density at radius 2 is 1.63 bits per heavy atom. The molecule has 0 saturated carbocycles. The molecular weight excluding hydrogens is 594 g/mol. The standard InChI is InChI=1S/C28H29N3O6S3.Na/c1-31(27(32)22(30-28(33)37-2)15-19-7-4-3-5-8-19)24(23-17-39-26(29-23)25-9-6-14-38-25)16-20-10-12-21(13-11-20)18-40(34,35)36;/h3-14,17,22,24H,15-16,18H2,1-2H3,(H,30,33)(H,34,35,36);/q;+1/p-1/t22-,24-;/m0./s1. The van der Waals surface area contributed by atoms with Crippen molar-refractivity contribution in [1.29, 1.82) is 0 Å². The van der Waals surface area contributed by atoms with E-state index in [2.05, 4.69) is 5.32 Å². The van der Waals surface area contributed by atoms with Crippen molar-refractivity contribution in [1.82, 2.24) is 15.2 Å². The summed E-state index contributed by atoms with van der Waals surface area (Å²) in [6.07, 6.45) is -0.0742. The van der Waals surface area contributed by atoms with Crippen LogP contribution in [0.2, 0.25) is 0 Å². The van der Waals surface area contributed by atoms with Gasteiger partial charge in [-0.3, -0.25) is 4.79 Å². The minimum atomic E-state index is -4.40. The molecule has 41 heavy (non-hydrogen) atoms. The molecule has 4 rings (SSSR count). The van der Waals surface area contributed by atoms with Gasteiger partial charge in [-0.25, -0.2) is 18.2 Å². The zero-order chi connectivity index (χ0) is 28.7. The molecule has 13 heteroatoms. The van der Waals surface area contributed by atoms with E-state index in [1.807, 2.05) is 53.2 Å². The van der Waals surface area contributed by atoms with Gasteiger partial charge in [0.25, 0.3) is 0 Å². The molecule has 2 aromatic heterocycles. The van der Waals surface area contributed by atoms with E-state index in [-0.39, 0.29) is 41.9 Å². The van der Waals surface area contributed by atoms with Gasteiger partial charge in [-0.05, 0) is 34.6 Å². The zero-order valence-corrected chi connectivity index (χ0v) is 27.3. The van der Waals surface area contributed by atoms with Crippen LogP contribution in [0.5, 0.6) is 0 Å². The Hall–Kier alpha value is -2.58. The second-order valence-electron chi connectivity index (χ2n) is 9.12. The molecule has 2 aromatic carbocycles. The number of methoxy groups -OCH3 is 1. The van der Waals surface area contributed by atoms with Gasteiger partial charge in [0.1, 0.15) is 11.0 Å². The Kier molecular flexibility index (Phi) is 12.1. The van der Waals surface area contributed by atoms with Crippen molar-refractivity contribution in [3.05, 3.63) is 99.9 Å². The van der Waals surface area contributed by atoms with E-state index in [1.54, 1.807) is 47.5 Å². The van der Waals surface area contributed by atoms with Crippen molar-refractivity contribution >= 4 is 44.8 Å². The van der Waals surface area contributed by atoms with Crippen LogP contribution < -0.4 is 34.9 Å². The number of rotatable bonds is 11. The molecule has 2 atom stereocenters. The molecule has 0 aliphatic heterocycles. The molecule has 0 bridgehead atoms. The first-order valence-corrected chi connectivity index (χ1v) is 15.6. The van der Waals surface area contributed by atoms with Crippen LogP contribution in [0.25, 0.3) is 9.88 Å². The fraction of sp³-hybridized carbons (Fsp3) is 0.250. The zero-order valence-electron chi connectivity index (χ0n) is 22.9. The van der Waals surface area contributed by atoms with Crippen molar-refractivity contribution < 1.29 is 56.9 Å². The molecule has 2 amide bonds. The number of nitrogens with zero attached hydrogens (tertiary/aromatic N) is 2. The summed E-state index contributed by atoms with van der Waals surface area (Å²) in [5, 5.41) is 7.39. The van der Waals surface area contributed by atoms with Crippen LogP contribution >= 0.6 is 22.7 Å². The summed E-state index contributed by atoms with van der Waals surface area (Å²) in [6, 6.07) is 18.6. The molecule has 2 heterocycles. The number of hydrogen-bond donors (Lipinski definition) is 1. The topological polar surface area (TPSA) is 129 Å². The maximum atomic E-state index is 13.9. The Morgan fingerprint density at radius 3 is 2.24 bits per heavy atom. The van der Waals surface area contributed by atoms with Crippen molar-refractivity contribution in [3.8, 4) is 9.88 Å². The summed E-state index contributed by atoms with van der Waals surface area (Å²) >= 11 is 3.05. The Morgan fingerprint density at radius 1 is 0.976 bits per heavy atom. The van der Waals surface area contributed by atoms with Crippen LogP contribution in [0.15, 0.2) is 77.5 Å². The van der Waals surface area contributed by atoms with Crippen LogP contribution in [0.4, 0.5) is 4.79 Å². The van der Waals surface area contributed by atoms with Gasteiger partial charge in [-0.2, -0.15) is 0 Å². The molecule has 4 aromatic rings. The largest absolute Gasteiger partial charge is 1.00 e. The maximum absolute atomic E-state index is 13.9. The summed E-state index contributed by atoms with van der Waals surface area (Å²) in [5.41, 5.74) is 2.77. The van der Waals surface area contributed by atoms with Gasteiger partial charge in [0, 0.05) is 18.8 Å². The van der Waals surface area contributed by atoms with Gasteiger partial charge in [-0.1, -0.05) is 60.7 Å². The van der Waals surface area contributed by atoms with E-state index in [9.17, 15) is 22.6 Å². The molecule has 0 spiro atoms.